The first-order chi connectivity index (χ1) is 5.97. The van der Waals surface area contributed by atoms with Crippen molar-refractivity contribution in [3.63, 3.8) is 0 Å². The highest BCUT2D eigenvalue weighted by molar-refractivity contribution is 4.98. The van der Waals surface area contributed by atoms with E-state index in [0.717, 1.165) is 26.3 Å². The SMILES string of the molecule is C1=CC(N2CCOCC2)CCC1. The number of nitrogens with zero attached hydrogens (tertiary/aromatic N) is 1. The van der Waals surface area contributed by atoms with Gasteiger partial charge in [-0.05, 0) is 19.3 Å². The number of ether oxygens (including phenoxy) is 1. The molecule has 0 saturated carbocycles. The van der Waals surface area contributed by atoms with Crippen LogP contribution < -0.4 is 0 Å². The molecule has 2 aliphatic rings. The largest absolute Gasteiger partial charge is 0.379 e. The zero-order valence-electron chi connectivity index (χ0n) is 7.54. The first-order valence-corrected chi connectivity index (χ1v) is 4.95. The molecule has 0 bridgehead atoms. The highest BCUT2D eigenvalue weighted by Crippen LogP contribution is 2.17. The molecule has 1 heterocycles. The molecule has 0 radical (unpaired) electrons. The van der Waals surface area contributed by atoms with Gasteiger partial charge in [-0.1, -0.05) is 12.2 Å². The molecule has 2 heteroatoms. The first kappa shape index (κ1) is 8.27. The molecule has 1 aliphatic heterocycles. The van der Waals surface area contributed by atoms with Gasteiger partial charge in [0.25, 0.3) is 0 Å². The lowest BCUT2D eigenvalue weighted by atomic mass is 10.0. The van der Waals surface area contributed by atoms with Crippen LogP contribution in [0.25, 0.3) is 0 Å². The van der Waals surface area contributed by atoms with Crippen LogP contribution in [0.4, 0.5) is 0 Å². The van der Waals surface area contributed by atoms with Crippen LogP contribution in [0.15, 0.2) is 12.2 Å². The maximum atomic E-state index is 5.32. The van der Waals surface area contributed by atoms with Crippen LogP contribution in [0.2, 0.25) is 0 Å². The van der Waals surface area contributed by atoms with E-state index in [2.05, 4.69) is 17.1 Å². The van der Waals surface area contributed by atoms with E-state index >= 15 is 0 Å². The second-order valence-corrected chi connectivity index (χ2v) is 3.57. The Morgan fingerprint density at radius 3 is 2.75 bits per heavy atom. The summed E-state index contributed by atoms with van der Waals surface area (Å²) in [7, 11) is 0. The zero-order valence-corrected chi connectivity index (χ0v) is 7.54. The number of rotatable bonds is 1. The van der Waals surface area contributed by atoms with E-state index in [1.807, 2.05) is 0 Å². The Kier molecular flexibility index (Phi) is 2.79. The average Bonchev–Trinajstić information content (AvgIpc) is 2.21. The Balaban J connectivity index is 1.88. The third-order valence-electron chi connectivity index (χ3n) is 2.74. The topological polar surface area (TPSA) is 12.5 Å². The van der Waals surface area contributed by atoms with Gasteiger partial charge in [0.2, 0.25) is 0 Å². The minimum atomic E-state index is 0.711. The number of hydrogen-bond donors (Lipinski definition) is 0. The predicted molar refractivity (Wildman–Crippen MR) is 49.2 cm³/mol. The molecule has 0 aromatic carbocycles. The maximum Gasteiger partial charge on any atom is 0.0594 e. The Morgan fingerprint density at radius 2 is 2.08 bits per heavy atom. The Bertz CT molecular complexity index is 161. The second-order valence-electron chi connectivity index (χ2n) is 3.57. The molecular formula is C10H17NO. The molecule has 1 atom stereocenters. The molecule has 1 unspecified atom stereocenters. The normalized spacial score (nSPS) is 32.2. The third-order valence-corrected chi connectivity index (χ3v) is 2.74. The Morgan fingerprint density at radius 1 is 1.25 bits per heavy atom. The Hall–Kier alpha value is -0.340. The van der Waals surface area contributed by atoms with Gasteiger partial charge >= 0.3 is 0 Å². The summed E-state index contributed by atoms with van der Waals surface area (Å²) < 4.78 is 5.32. The first-order valence-electron chi connectivity index (χ1n) is 4.95. The molecule has 1 aliphatic carbocycles. The molecule has 1 saturated heterocycles. The van der Waals surface area contributed by atoms with Crippen LogP contribution >= 0.6 is 0 Å². The lowest BCUT2D eigenvalue weighted by Crippen LogP contribution is -2.43. The van der Waals surface area contributed by atoms with Crippen LogP contribution in [0.3, 0.4) is 0 Å². The number of morpholine rings is 1. The van der Waals surface area contributed by atoms with Gasteiger partial charge < -0.3 is 4.74 Å². The molecule has 0 aromatic rings. The third kappa shape index (κ3) is 1.87. The van der Waals surface area contributed by atoms with Gasteiger partial charge in [0.05, 0.1) is 13.2 Å². The minimum Gasteiger partial charge on any atom is -0.379 e. The van der Waals surface area contributed by atoms with E-state index in [9.17, 15) is 0 Å². The van der Waals surface area contributed by atoms with Crippen LogP contribution in [0.1, 0.15) is 19.3 Å². The summed E-state index contributed by atoms with van der Waals surface area (Å²) in [5.74, 6) is 0. The van der Waals surface area contributed by atoms with Crippen LogP contribution in [0.5, 0.6) is 0 Å². The summed E-state index contributed by atoms with van der Waals surface area (Å²) >= 11 is 0. The van der Waals surface area contributed by atoms with Crippen molar-refractivity contribution >= 4 is 0 Å². The van der Waals surface area contributed by atoms with E-state index in [1.165, 1.54) is 19.3 Å². The molecule has 0 spiro atoms. The second kappa shape index (κ2) is 4.06. The van der Waals surface area contributed by atoms with Crippen LogP contribution in [-0.2, 0) is 4.74 Å². The molecule has 12 heavy (non-hydrogen) atoms. The maximum absolute atomic E-state index is 5.32. The fourth-order valence-electron chi connectivity index (χ4n) is 2.01. The molecule has 2 nitrogen and oxygen atoms in total. The molecule has 1 fully saturated rings. The number of allylic oxidation sites excluding steroid dienone is 1. The molecule has 0 N–H and O–H groups in total. The van der Waals surface area contributed by atoms with Gasteiger partial charge in [0, 0.05) is 19.1 Å². The van der Waals surface area contributed by atoms with Crippen molar-refractivity contribution < 1.29 is 4.74 Å². The van der Waals surface area contributed by atoms with Crippen molar-refractivity contribution in [2.75, 3.05) is 26.3 Å². The van der Waals surface area contributed by atoms with Gasteiger partial charge in [0.1, 0.15) is 0 Å². The zero-order chi connectivity index (χ0) is 8.23. The highest BCUT2D eigenvalue weighted by atomic mass is 16.5. The highest BCUT2D eigenvalue weighted by Gasteiger charge is 2.19. The van der Waals surface area contributed by atoms with Crippen LogP contribution in [0, 0.1) is 0 Å². The monoisotopic (exact) mass is 167 g/mol. The summed E-state index contributed by atoms with van der Waals surface area (Å²) in [5, 5.41) is 0. The lowest BCUT2D eigenvalue weighted by Gasteiger charge is -2.34. The van der Waals surface area contributed by atoms with Crippen LogP contribution in [-0.4, -0.2) is 37.2 Å². The molecule has 0 amide bonds. The molecule has 2 rings (SSSR count). The van der Waals surface area contributed by atoms with E-state index in [-0.39, 0.29) is 0 Å². The van der Waals surface area contributed by atoms with Crippen molar-refractivity contribution in [2.24, 2.45) is 0 Å². The standard InChI is InChI=1S/C10H17NO/c1-2-4-10(5-3-1)11-6-8-12-9-7-11/h2,4,10H,1,3,5-9H2. The quantitative estimate of drug-likeness (QED) is 0.548. The fraction of sp³-hybridized carbons (Fsp3) is 0.800. The lowest BCUT2D eigenvalue weighted by molar-refractivity contribution is 0.0232. The smallest absolute Gasteiger partial charge is 0.0594 e. The molecule has 68 valence electrons. The molecular weight excluding hydrogens is 150 g/mol. The van der Waals surface area contributed by atoms with E-state index in [0.29, 0.717) is 6.04 Å². The fourth-order valence-corrected chi connectivity index (χ4v) is 2.01. The Labute approximate surface area is 74.2 Å². The average molecular weight is 167 g/mol. The summed E-state index contributed by atoms with van der Waals surface area (Å²) in [6, 6.07) is 0.711. The predicted octanol–water partition coefficient (Wildman–Crippen LogP) is 1.43. The number of hydrogen-bond acceptors (Lipinski definition) is 2. The van der Waals surface area contributed by atoms with E-state index in [4.69, 9.17) is 4.74 Å². The summed E-state index contributed by atoms with van der Waals surface area (Å²) in [4.78, 5) is 2.54. The van der Waals surface area contributed by atoms with E-state index < -0.39 is 0 Å². The van der Waals surface area contributed by atoms with E-state index in [1.54, 1.807) is 0 Å². The van der Waals surface area contributed by atoms with Crippen molar-refractivity contribution in [1.29, 1.82) is 0 Å². The van der Waals surface area contributed by atoms with Crippen molar-refractivity contribution in [1.82, 2.24) is 4.90 Å². The van der Waals surface area contributed by atoms with Gasteiger partial charge in [-0.25, -0.2) is 0 Å². The molecule has 0 aromatic heterocycles. The van der Waals surface area contributed by atoms with Crippen molar-refractivity contribution in [3.8, 4) is 0 Å². The minimum absolute atomic E-state index is 0.711. The van der Waals surface area contributed by atoms with Gasteiger partial charge in [-0.15, -0.1) is 0 Å². The van der Waals surface area contributed by atoms with Crippen molar-refractivity contribution in [3.05, 3.63) is 12.2 Å². The summed E-state index contributed by atoms with van der Waals surface area (Å²) in [6.07, 6.45) is 8.67. The van der Waals surface area contributed by atoms with Gasteiger partial charge in [-0.2, -0.15) is 0 Å². The van der Waals surface area contributed by atoms with Gasteiger partial charge in [0.15, 0.2) is 0 Å². The van der Waals surface area contributed by atoms with Crippen molar-refractivity contribution in [2.45, 2.75) is 25.3 Å². The van der Waals surface area contributed by atoms with Gasteiger partial charge in [-0.3, -0.25) is 4.90 Å². The summed E-state index contributed by atoms with van der Waals surface area (Å²) in [6.45, 7) is 4.08. The summed E-state index contributed by atoms with van der Waals surface area (Å²) in [5.41, 5.74) is 0.